The Morgan fingerprint density at radius 2 is 2.13 bits per heavy atom. The summed E-state index contributed by atoms with van der Waals surface area (Å²) in [7, 11) is 1.66. The highest BCUT2D eigenvalue weighted by molar-refractivity contribution is 5.87. The lowest BCUT2D eigenvalue weighted by molar-refractivity contribution is -0.118. The van der Waals surface area contributed by atoms with Gasteiger partial charge in [-0.1, -0.05) is 18.2 Å². The Hall–Kier alpha value is -1.57. The van der Waals surface area contributed by atoms with Crippen molar-refractivity contribution in [1.29, 1.82) is 0 Å². The first-order valence-electron chi connectivity index (χ1n) is 5.15. The fraction of sp³-hybridized carbons (Fsp3) is 0.308. The van der Waals surface area contributed by atoms with Crippen molar-refractivity contribution < 1.29 is 9.53 Å². The maximum Gasteiger partial charge on any atom is 0.137 e. The molecule has 0 aliphatic heterocycles. The van der Waals surface area contributed by atoms with E-state index in [1.807, 2.05) is 24.3 Å². The fourth-order valence-electron chi connectivity index (χ4n) is 1.80. The van der Waals surface area contributed by atoms with Crippen LogP contribution >= 0.6 is 0 Å². The molecule has 78 valence electrons. The van der Waals surface area contributed by atoms with E-state index in [9.17, 15) is 4.79 Å². The number of ketones is 1. The number of benzene rings is 1. The van der Waals surface area contributed by atoms with Gasteiger partial charge >= 0.3 is 0 Å². The number of rotatable bonds is 2. The predicted octanol–water partition coefficient (Wildman–Crippen LogP) is 2.83. The van der Waals surface area contributed by atoms with Gasteiger partial charge in [0, 0.05) is 12.8 Å². The molecule has 0 saturated carbocycles. The van der Waals surface area contributed by atoms with Gasteiger partial charge in [-0.3, -0.25) is 4.79 Å². The number of carbonyl (C=O) groups is 1. The molecular formula is C13H14O2. The molecular weight excluding hydrogens is 188 g/mol. The van der Waals surface area contributed by atoms with Crippen LogP contribution in [0.1, 0.15) is 24.8 Å². The zero-order valence-corrected chi connectivity index (χ0v) is 8.82. The Morgan fingerprint density at radius 1 is 1.27 bits per heavy atom. The Labute approximate surface area is 89.6 Å². The summed E-state index contributed by atoms with van der Waals surface area (Å²) in [5, 5.41) is 0. The summed E-state index contributed by atoms with van der Waals surface area (Å²) in [4.78, 5) is 11.1. The molecule has 0 heterocycles. The smallest absolute Gasteiger partial charge is 0.137 e. The molecule has 15 heavy (non-hydrogen) atoms. The van der Waals surface area contributed by atoms with E-state index in [1.54, 1.807) is 7.11 Å². The van der Waals surface area contributed by atoms with Crippen molar-refractivity contribution in [2.24, 2.45) is 0 Å². The Balaban J connectivity index is 2.25. The fourth-order valence-corrected chi connectivity index (χ4v) is 1.80. The SMILES string of the molecule is COc1cccc(C2=CCC(=O)CC2)c1. The zero-order chi connectivity index (χ0) is 10.7. The van der Waals surface area contributed by atoms with Crippen molar-refractivity contribution in [2.45, 2.75) is 19.3 Å². The Morgan fingerprint density at radius 3 is 2.80 bits per heavy atom. The molecule has 0 amide bonds. The average molecular weight is 202 g/mol. The summed E-state index contributed by atoms with van der Waals surface area (Å²) in [6.07, 6.45) is 4.13. The summed E-state index contributed by atoms with van der Waals surface area (Å²) in [5.41, 5.74) is 2.43. The molecule has 0 spiro atoms. The van der Waals surface area contributed by atoms with Crippen LogP contribution in [0.25, 0.3) is 5.57 Å². The predicted molar refractivity (Wildman–Crippen MR) is 59.8 cm³/mol. The van der Waals surface area contributed by atoms with Crippen LogP contribution in [0.3, 0.4) is 0 Å². The number of carbonyl (C=O) groups excluding carboxylic acids is 1. The van der Waals surface area contributed by atoms with Crippen molar-refractivity contribution in [3.05, 3.63) is 35.9 Å². The molecule has 0 unspecified atom stereocenters. The van der Waals surface area contributed by atoms with Crippen LogP contribution in [0.2, 0.25) is 0 Å². The van der Waals surface area contributed by atoms with Gasteiger partial charge in [0.25, 0.3) is 0 Å². The molecule has 2 rings (SSSR count). The van der Waals surface area contributed by atoms with Crippen LogP contribution in [0, 0.1) is 0 Å². The summed E-state index contributed by atoms with van der Waals surface area (Å²) in [5.74, 6) is 1.20. The monoisotopic (exact) mass is 202 g/mol. The average Bonchev–Trinajstić information content (AvgIpc) is 2.30. The summed E-state index contributed by atoms with van der Waals surface area (Å²) < 4.78 is 5.17. The van der Waals surface area contributed by atoms with E-state index in [1.165, 1.54) is 11.1 Å². The summed E-state index contributed by atoms with van der Waals surface area (Å²) >= 11 is 0. The molecule has 1 aliphatic carbocycles. The molecule has 0 bridgehead atoms. The van der Waals surface area contributed by atoms with Crippen LogP contribution in [0.5, 0.6) is 5.75 Å². The number of methoxy groups -OCH3 is 1. The van der Waals surface area contributed by atoms with Crippen molar-refractivity contribution in [3.8, 4) is 5.75 Å². The second-order valence-corrected chi connectivity index (χ2v) is 3.70. The highest BCUT2D eigenvalue weighted by atomic mass is 16.5. The highest BCUT2D eigenvalue weighted by Gasteiger charge is 2.11. The van der Waals surface area contributed by atoms with Gasteiger partial charge in [-0.05, 0) is 29.7 Å². The first-order valence-corrected chi connectivity index (χ1v) is 5.15. The first kappa shape index (κ1) is 9.97. The Kier molecular flexibility index (Phi) is 2.86. The van der Waals surface area contributed by atoms with Crippen LogP contribution in [0.4, 0.5) is 0 Å². The normalized spacial score (nSPS) is 16.1. The van der Waals surface area contributed by atoms with E-state index < -0.39 is 0 Å². The third-order valence-electron chi connectivity index (χ3n) is 2.69. The first-order chi connectivity index (χ1) is 7.29. The van der Waals surface area contributed by atoms with Crippen LogP contribution in [-0.4, -0.2) is 12.9 Å². The number of hydrogen-bond donors (Lipinski definition) is 0. The molecule has 1 aliphatic rings. The van der Waals surface area contributed by atoms with E-state index >= 15 is 0 Å². The maximum atomic E-state index is 11.1. The number of Topliss-reactive ketones (excluding diaryl/α,β-unsaturated/α-hetero) is 1. The maximum absolute atomic E-state index is 11.1. The molecule has 0 aromatic heterocycles. The highest BCUT2D eigenvalue weighted by Crippen LogP contribution is 2.27. The van der Waals surface area contributed by atoms with Crippen LogP contribution in [-0.2, 0) is 4.79 Å². The van der Waals surface area contributed by atoms with Gasteiger partial charge in [0.15, 0.2) is 0 Å². The molecule has 0 fully saturated rings. The van der Waals surface area contributed by atoms with Gasteiger partial charge in [0.1, 0.15) is 11.5 Å². The van der Waals surface area contributed by atoms with E-state index in [2.05, 4.69) is 6.07 Å². The standard InChI is InChI=1S/C13H14O2/c1-15-13-4-2-3-11(9-13)10-5-7-12(14)8-6-10/h2-5,9H,6-8H2,1H3. The van der Waals surface area contributed by atoms with Gasteiger partial charge < -0.3 is 4.74 Å². The molecule has 2 heteroatoms. The van der Waals surface area contributed by atoms with Crippen molar-refractivity contribution in [3.63, 3.8) is 0 Å². The van der Waals surface area contributed by atoms with Gasteiger partial charge in [-0.25, -0.2) is 0 Å². The third-order valence-corrected chi connectivity index (χ3v) is 2.69. The van der Waals surface area contributed by atoms with Gasteiger partial charge in [0.2, 0.25) is 0 Å². The van der Waals surface area contributed by atoms with Gasteiger partial charge in [-0.2, -0.15) is 0 Å². The van der Waals surface area contributed by atoms with Crippen LogP contribution in [0.15, 0.2) is 30.3 Å². The summed E-state index contributed by atoms with van der Waals surface area (Å²) in [6, 6.07) is 7.98. The second-order valence-electron chi connectivity index (χ2n) is 3.70. The summed E-state index contributed by atoms with van der Waals surface area (Å²) in [6.45, 7) is 0. The molecule has 0 radical (unpaired) electrons. The lowest BCUT2D eigenvalue weighted by Gasteiger charge is -2.12. The lowest BCUT2D eigenvalue weighted by atomic mass is 9.93. The quantitative estimate of drug-likeness (QED) is 0.737. The molecule has 1 aromatic rings. The molecule has 1 aromatic carbocycles. The minimum absolute atomic E-state index is 0.335. The Bertz CT molecular complexity index is 405. The molecule has 0 atom stereocenters. The molecule has 0 N–H and O–H groups in total. The van der Waals surface area contributed by atoms with Gasteiger partial charge in [-0.15, -0.1) is 0 Å². The number of hydrogen-bond acceptors (Lipinski definition) is 2. The third kappa shape index (κ3) is 2.27. The van der Waals surface area contributed by atoms with Gasteiger partial charge in [0.05, 0.1) is 7.11 Å². The largest absolute Gasteiger partial charge is 0.497 e. The van der Waals surface area contributed by atoms with Crippen molar-refractivity contribution in [2.75, 3.05) is 7.11 Å². The second kappa shape index (κ2) is 4.30. The number of allylic oxidation sites excluding steroid dienone is 2. The molecule has 2 nitrogen and oxygen atoms in total. The molecule has 0 saturated heterocycles. The topological polar surface area (TPSA) is 26.3 Å². The van der Waals surface area contributed by atoms with E-state index in [4.69, 9.17) is 4.74 Å². The lowest BCUT2D eigenvalue weighted by Crippen LogP contribution is -2.02. The van der Waals surface area contributed by atoms with Crippen molar-refractivity contribution in [1.82, 2.24) is 0 Å². The van der Waals surface area contributed by atoms with E-state index in [-0.39, 0.29) is 0 Å². The van der Waals surface area contributed by atoms with Crippen LogP contribution < -0.4 is 4.74 Å². The minimum Gasteiger partial charge on any atom is -0.497 e. The van der Waals surface area contributed by atoms with E-state index in [0.29, 0.717) is 18.6 Å². The zero-order valence-electron chi connectivity index (χ0n) is 8.82. The van der Waals surface area contributed by atoms with Crippen molar-refractivity contribution >= 4 is 11.4 Å². The minimum atomic E-state index is 0.335. The number of ether oxygens (including phenoxy) is 1. The van der Waals surface area contributed by atoms with E-state index in [0.717, 1.165) is 12.2 Å².